The quantitative estimate of drug-likeness (QED) is 0.266. The van der Waals surface area contributed by atoms with Crippen LogP contribution in [0.3, 0.4) is 0 Å². The lowest BCUT2D eigenvalue weighted by Gasteiger charge is -2.39. The molecule has 7 N–H and O–H groups in total. The number of aliphatic hydroxyl groups excluding tert-OH is 4. The van der Waals surface area contributed by atoms with Crippen molar-refractivity contribution in [1.82, 2.24) is 0 Å². The number of fused-ring (bicyclic) bond motifs is 1. The largest absolute Gasteiger partial charge is 0.508 e. The zero-order chi connectivity index (χ0) is 23.9. The van der Waals surface area contributed by atoms with Crippen LogP contribution >= 0.6 is 0 Å². The van der Waals surface area contributed by atoms with Gasteiger partial charge in [0.05, 0.1) is 6.61 Å². The Labute approximate surface area is 185 Å². The van der Waals surface area contributed by atoms with E-state index in [4.69, 9.17) is 13.9 Å². The SMILES string of the molecule is O=c1c(OCC2OC(CO)C(O)C(O)C2O)c(-c2ccc(O)cc2)oc2cc(O)cc(O)c12. The minimum atomic E-state index is -1.62. The van der Waals surface area contributed by atoms with Gasteiger partial charge in [0, 0.05) is 17.7 Å². The molecular formula is C22H22O11. The molecular weight excluding hydrogens is 440 g/mol. The Bertz CT molecular complexity index is 1200. The summed E-state index contributed by atoms with van der Waals surface area (Å²) in [6.45, 7) is -1.11. The maximum Gasteiger partial charge on any atom is 0.239 e. The molecule has 1 aliphatic heterocycles. The second kappa shape index (κ2) is 8.89. The van der Waals surface area contributed by atoms with Crippen LogP contribution in [0.15, 0.2) is 45.6 Å². The van der Waals surface area contributed by atoms with E-state index < -0.39 is 54.9 Å². The van der Waals surface area contributed by atoms with E-state index >= 15 is 0 Å². The first-order valence-corrected chi connectivity index (χ1v) is 9.96. The normalized spacial score (nSPS) is 25.3. The molecule has 11 heteroatoms. The second-order valence-corrected chi connectivity index (χ2v) is 7.65. The topological polar surface area (TPSA) is 190 Å². The molecule has 5 atom stereocenters. The van der Waals surface area contributed by atoms with E-state index in [2.05, 4.69) is 0 Å². The first-order chi connectivity index (χ1) is 15.7. The Hall–Kier alpha value is -3.35. The molecule has 4 rings (SSSR count). The molecule has 1 aromatic heterocycles. The minimum Gasteiger partial charge on any atom is -0.508 e. The highest BCUT2D eigenvalue weighted by molar-refractivity contribution is 5.88. The number of aliphatic hydroxyl groups is 4. The summed E-state index contributed by atoms with van der Waals surface area (Å²) in [7, 11) is 0. The lowest BCUT2D eigenvalue weighted by Crippen LogP contribution is -2.59. The van der Waals surface area contributed by atoms with Gasteiger partial charge in [0.1, 0.15) is 65.3 Å². The van der Waals surface area contributed by atoms with Gasteiger partial charge in [-0.05, 0) is 24.3 Å². The summed E-state index contributed by atoms with van der Waals surface area (Å²) in [4.78, 5) is 13.2. The number of phenols is 3. The van der Waals surface area contributed by atoms with Gasteiger partial charge in [-0.3, -0.25) is 4.79 Å². The number of hydrogen-bond donors (Lipinski definition) is 7. The lowest BCUT2D eigenvalue weighted by molar-refractivity contribution is -0.234. The van der Waals surface area contributed by atoms with Crippen molar-refractivity contribution in [1.29, 1.82) is 0 Å². The van der Waals surface area contributed by atoms with E-state index in [9.17, 15) is 40.5 Å². The summed E-state index contributed by atoms with van der Waals surface area (Å²) in [6.07, 6.45) is -7.15. The third-order valence-corrected chi connectivity index (χ3v) is 5.43. The molecule has 5 unspecified atom stereocenters. The Kier molecular flexibility index (Phi) is 6.15. The molecule has 3 aromatic rings. The van der Waals surface area contributed by atoms with Crippen molar-refractivity contribution in [2.24, 2.45) is 0 Å². The predicted octanol–water partition coefficient (Wildman–Crippen LogP) is -0.202. The summed E-state index contributed by atoms with van der Waals surface area (Å²) < 4.78 is 16.8. The van der Waals surface area contributed by atoms with Crippen LogP contribution < -0.4 is 10.2 Å². The van der Waals surface area contributed by atoms with Gasteiger partial charge in [-0.1, -0.05) is 0 Å². The van der Waals surface area contributed by atoms with Crippen LogP contribution in [-0.2, 0) is 4.74 Å². The van der Waals surface area contributed by atoms with Crippen molar-refractivity contribution >= 4 is 11.0 Å². The molecule has 0 spiro atoms. The minimum absolute atomic E-state index is 0.0408. The standard InChI is InChI=1S/C22H22O11/c23-7-14-17(27)20(30)18(28)15(32-14)8-31-22-19(29)16-12(26)5-11(25)6-13(16)33-21(22)9-1-3-10(24)4-2-9/h1-6,14-15,17-18,20,23-28,30H,7-8H2. The Morgan fingerprint density at radius 2 is 1.55 bits per heavy atom. The molecule has 1 aliphatic rings. The Balaban J connectivity index is 1.77. The molecule has 2 aromatic carbocycles. The molecule has 33 heavy (non-hydrogen) atoms. The van der Waals surface area contributed by atoms with Crippen LogP contribution in [0.5, 0.6) is 23.0 Å². The average Bonchev–Trinajstić information content (AvgIpc) is 2.78. The van der Waals surface area contributed by atoms with Gasteiger partial charge < -0.3 is 49.6 Å². The fourth-order valence-corrected chi connectivity index (χ4v) is 3.68. The summed E-state index contributed by atoms with van der Waals surface area (Å²) in [5.41, 5.74) is -0.597. The Morgan fingerprint density at radius 1 is 0.879 bits per heavy atom. The van der Waals surface area contributed by atoms with Crippen molar-refractivity contribution in [3.63, 3.8) is 0 Å². The van der Waals surface area contributed by atoms with Crippen LogP contribution in [0.1, 0.15) is 0 Å². The van der Waals surface area contributed by atoms with E-state index in [1.807, 2.05) is 0 Å². The van der Waals surface area contributed by atoms with Crippen molar-refractivity contribution < 1.29 is 49.6 Å². The highest BCUT2D eigenvalue weighted by Gasteiger charge is 2.43. The van der Waals surface area contributed by atoms with E-state index in [1.54, 1.807) is 0 Å². The Morgan fingerprint density at radius 3 is 2.21 bits per heavy atom. The lowest BCUT2D eigenvalue weighted by atomic mass is 9.95. The molecule has 1 fully saturated rings. The van der Waals surface area contributed by atoms with Crippen LogP contribution in [-0.4, -0.2) is 79.5 Å². The number of phenolic OH excluding ortho intramolecular Hbond substituents is 3. The molecule has 176 valence electrons. The maximum absolute atomic E-state index is 13.2. The van der Waals surface area contributed by atoms with Crippen molar-refractivity contribution in [2.75, 3.05) is 13.2 Å². The van der Waals surface area contributed by atoms with Crippen LogP contribution in [0.2, 0.25) is 0 Å². The summed E-state index contributed by atoms with van der Waals surface area (Å²) in [6, 6.07) is 7.69. The molecule has 0 amide bonds. The number of ether oxygens (including phenoxy) is 2. The van der Waals surface area contributed by atoms with Crippen molar-refractivity contribution in [3.05, 3.63) is 46.6 Å². The van der Waals surface area contributed by atoms with Gasteiger partial charge in [0.15, 0.2) is 5.76 Å². The molecule has 0 aliphatic carbocycles. The smallest absolute Gasteiger partial charge is 0.239 e. The van der Waals surface area contributed by atoms with E-state index in [-0.39, 0.29) is 34.0 Å². The molecule has 0 bridgehead atoms. The number of aromatic hydroxyl groups is 3. The monoisotopic (exact) mass is 462 g/mol. The molecule has 0 saturated carbocycles. The van der Waals surface area contributed by atoms with Crippen molar-refractivity contribution in [3.8, 4) is 34.3 Å². The first-order valence-electron chi connectivity index (χ1n) is 9.96. The van der Waals surface area contributed by atoms with Gasteiger partial charge in [-0.15, -0.1) is 0 Å². The fourth-order valence-electron chi connectivity index (χ4n) is 3.68. The highest BCUT2D eigenvalue weighted by Crippen LogP contribution is 2.36. The number of hydrogen-bond acceptors (Lipinski definition) is 11. The zero-order valence-corrected chi connectivity index (χ0v) is 17.0. The van der Waals surface area contributed by atoms with Gasteiger partial charge in [0.25, 0.3) is 0 Å². The predicted molar refractivity (Wildman–Crippen MR) is 112 cm³/mol. The van der Waals surface area contributed by atoms with E-state index in [1.165, 1.54) is 24.3 Å². The molecule has 0 radical (unpaired) electrons. The third kappa shape index (κ3) is 4.19. The molecule has 2 heterocycles. The summed E-state index contributed by atoms with van der Waals surface area (Å²) >= 11 is 0. The highest BCUT2D eigenvalue weighted by atomic mass is 16.6. The van der Waals surface area contributed by atoms with Crippen LogP contribution in [0.4, 0.5) is 0 Å². The number of benzene rings is 2. The average molecular weight is 462 g/mol. The summed E-state index contributed by atoms with van der Waals surface area (Å²) in [5.74, 6) is -1.39. The van der Waals surface area contributed by atoms with Gasteiger partial charge >= 0.3 is 0 Å². The van der Waals surface area contributed by atoms with Gasteiger partial charge in [-0.25, -0.2) is 0 Å². The maximum atomic E-state index is 13.2. The van der Waals surface area contributed by atoms with Crippen LogP contribution in [0, 0.1) is 0 Å². The second-order valence-electron chi connectivity index (χ2n) is 7.65. The fraction of sp³-hybridized carbons (Fsp3) is 0.318. The van der Waals surface area contributed by atoms with E-state index in [0.717, 1.165) is 12.1 Å². The molecule has 1 saturated heterocycles. The van der Waals surface area contributed by atoms with Crippen LogP contribution in [0.25, 0.3) is 22.3 Å². The number of rotatable bonds is 5. The van der Waals surface area contributed by atoms with Gasteiger partial charge in [0.2, 0.25) is 11.2 Å². The van der Waals surface area contributed by atoms with Gasteiger partial charge in [-0.2, -0.15) is 0 Å². The van der Waals surface area contributed by atoms with E-state index in [0.29, 0.717) is 5.56 Å². The molecule has 11 nitrogen and oxygen atoms in total. The first kappa shape index (κ1) is 22.8. The third-order valence-electron chi connectivity index (χ3n) is 5.43. The zero-order valence-electron chi connectivity index (χ0n) is 17.0. The summed E-state index contributed by atoms with van der Waals surface area (Å²) in [5, 5.41) is 68.7. The van der Waals surface area contributed by atoms with Crippen molar-refractivity contribution in [2.45, 2.75) is 30.5 Å².